The molecule has 0 aliphatic carbocycles. The first-order chi connectivity index (χ1) is 8.97. The molecule has 1 N–H and O–H groups in total. The van der Waals surface area contributed by atoms with Crippen LogP contribution < -0.4 is 0 Å². The smallest absolute Gasteiger partial charge is 0.303 e. The third-order valence-corrected chi connectivity index (χ3v) is 4.26. The van der Waals surface area contributed by atoms with Crippen LogP contribution in [0.1, 0.15) is 25.3 Å². The number of hydrogen-bond donors (Lipinski definition) is 1. The molecule has 0 spiro atoms. The van der Waals surface area contributed by atoms with E-state index in [4.69, 9.17) is 17.3 Å². The van der Waals surface area contributed by atoms with Gasteiger partial charge in [-0.2, -0.15) is 0 Å². The van der Waals surface area contributed by atoms with E-state index >= 15 is 0 Å². The number of carbonyl (C=O) groups is 1. The first-order valence-corrected chi connectivity index (χ1v) is 7.13. The zero-order chi connectivity index (χ0) is 14.3. The fourth-order valence-electron chi connectivity index (χ4n) is 1.62. The minimum absolute atomic E-state index is 0.104. The van der Waals surface area contributed by atoms with E-state index in [1.807, 2.05) is 37.3 Å². The van der Waals surface area contributed by atoms with Crippen LogP contribution >= 0.6 is 24.0 Å². The van der Waals surface area contributed by atoms with E-state index in [-0.39, 0.29) is 11.2 Å². The lowest BCUT2D eigenvalue weighted by molar-refractivity contribution is -0.137. The number of carboxylic acids is 1. The molecular formula is C14H17NO2S2. The predicted octanol–water partition coefficient (Wildman–Crippen LogP) is 3.42. The van der Waals surface area contributed by atoms with Gasteiger partial charge in [0, 0.05) is 19.7 Å². The molecule has 1 aromatic rings. The summed E-state index contributed by atoms with van der Waals surface area (Å²) in [6.45, 7) is 1.96. The fourth-order valence-corrected chi connectivity index (χ4v) is 3.36. The van der Waals surface area contributed by atoms with Crippen molar-refractivity contribution >= 4 is 40.4 Å². The molecule has 0 bridgehead atoms. The Labute approximate surface area is 123 Å². The Hall–Kier alpha value is -1.20. The third kappa shape index (κ3) is 5.53. The maximum atomic E-state index is 10.7. The number of rotatable bonds is 6. The SMILES string of the molecule is CN=CC(C)(CCC(=O)O)SC(=S)c1ccccc1. The average molecular weight is 295 g/mol. The normalized spacial score (nSPS) is 14.2. The Morgan fingerprint density at radius 1 is 1.47 bits per heavy atom. The minimum Gasteiger partial charge on any atom is -0.481 e. The van der Waals surface area contributed by atoms with Gasteiger partial charge in [0.25, 0.3) is 0 Å². The molecular weight excluding hydrogens is 278 g/mol. The minimum atomic E-state index is -0.804. The zero-order valence-electron chi connectivity index (χ0n) is 11.0. The van der Waals surface area contributed by atoms with Crippen LogP contribution in [-0.4, -0.2) is 33.3 Å². The molecule has 0 radical (unpaired) electrons. The summed E-state index contributed by atoms with van der Waals surface area (Å²) in [5, 5.41) is 8.81. The number of benzene rings is 1. The molecule has 0 aromatic heterocycles. The molecule has 3 nitrogen and oxygen atoms in total. The zero-order valence-corrected chi connectivity index (χ0v) is 12.6. The lowest BCUT2D eigenvalue weighted by Crippen LogP contribution is -2.25. The van der Waals surface area contributed by atoms with E-state index < -0.39 is 5.97 Å². The average Bonchev–Trinajstić information content (AvgIpc) is 2.38. The number of thioether (sulfide) groups is 1. The van der Waals surface area contributed by atoms with Crippen LogP contribution in [0.4, 0.5) is 0 Å². The molecule has 0 aliphatic heterocycles. The molecule has 0 heterocycles. The second-order valence-corrected chi connectivity index (χ2v) is 6.56. The Bertz CT molecular complexity index is 474. The Morgan fingerprint density at radius 2 is 2.11 bits per heavy atom. The lowest BCUT2D eigenvalue weighted by Gasteiger charge is -2.24. The van der Waals surface area contributed by atoms with Crippen molar-refractivity contribution in [2.45, 2.75) is 24.5 Å². The highest BCUT2D eigenvalue weighted by Gasteiger charge is 2.26. The second-order valence-electron chi connectivity index (χ2n) is 4.35. The molecule has 1 atom stereocenters. The van der Waals surface area contributed by atoms with Crippen molar-refractivity contribution in [3.05, 3.63) is 35.9 Å². The highest BCUT2D eigenvalue weighted by molar-refractivity contribution is 8.24. The number of aliphatic carboxylic acids is 1. The van der Waals surface area contributed by atoms with Crippen molar-refractivity contribution in [1.29, 1.82) is 0 Å². The van der Waals surface area contributed by atoms with Crippen molar-refractivity contribution in [3.63, 3.8) is 0 Å². The molecule has 102 valence electrons. The van der Waals surface area contributed by atoms with Gasteiger partial charge >= 0.3 is 5.97 Å². The summed E-state index contributed by atoms with van der Waals surface area (Å²) in [6.07, 6.45) is 2.38. The van der Waals surface area contributed by atoms with Gasteiger partial charge in [-0.25, -0.2) is 0 Å². The van der Waals surface area contributed by atoms with Crippen molar-refractivity contribution in [2.75, 3.05) is 7.05 Å². The highest BCUT2D eigenvalue weighted by Crippen LogP contribution is 2.32. The largest absolute Gasteiger partial charge is 0.481 e. The van der Waals surface area contributed by atoms with Crippen LogP contribution in [0, 0.1) is 0 Å². The predicted molar refractivity (Wildman–Crippen MR) is 85.4 cm³/mol. The molecule has 1 aromatic carbocycles. The molecule has 0 saturated carbocycles. The molecule has 1 unspecified atom stereocenters. The van der Waals surface area contributed by atoms with Crippen molar-refractivity contribution < 1.29 is 9.90 Å². The Kier molecular flexibility index (Phi) is 6.18. The van der Waals surface area contributed by atoms with E-state index in [0.29, 0.717) is 6.42 Å². The standard InChI is InChI=1S/C14H17NO2S2/c1-14(10-15-2,9-8-12(16)17)19-13(18)11-6-4-3-5-7-11/h3-7,10H,8-9H2,1-2H3,(H,16,17). The summed E-state index contributed by atoms with van der Waals surface area (Å²) in [6, 6.07) is 9.72. The maximum absolute atomic E-state index is 10.7. The summed E-state index contributed by atoms with van der Waals surface area (Å²) in [5.74, 6) is -0.804. The van der Waals surface area contributed by atoms with E-state index in [1.54, 1.807) is 13.3 Å². The van der Waals surface area contributed by atoms with Crippen LogP contribution in [0.3, 0.4) is 0 Å². The maximum Gasteiger partial charge on any atom is 0.303 e. The first-order valence-electron chi connectivity index (χ1n) is 5.90. The molecule has 0 amide bonds. The summed E-state index contributed by atoms with van der Waals surface area (Å²) in [4.78, 5) is 14.8. The summed E-state index contributed by atoms with van der Waals surface area (Å²) in [5.41, 5.74) is 0.980. The van der Waals surface area contributed by atoms with E-state index in [2.05, 4.69) is 4.99 Å². The highest BCUT2D eigenvalue weighted by atomic mass is 32.2. The van der Waals surface area contributed by atoms with Crippen molar-refractivity contribution in [2.24, 2.45) is 4.99 Å². The molecule has 5 heteroatoms. The lowest BCUT2D eigenvalue weighted by atomic mass is 10.1. The van der Waals surface area contributed by atoms with Crippen LogP contribution in [0.15, 0.2) is 35.3 Å². The number of carboxylic acid groups (broad SMARTS) is 1. The Balaban J connectivity index is 2.78. The van der Waals surface area contributed by atoms with Gasteiger partial charge in [-0.3, -0.25) is 9.79 Å². The monoisotopic (exact) mass is 295 g/mol. The van der Waals surface area contributed by atoms with Gasteiger partial charge in [0.15, 0.2) is 0 Å². The summed E-state index contributed by atoms with van der Waals surface area (Å²) < 4.78 is 0.369. The van der Waals surface area contributed by atoms with Crippen LogP contribution in [0.5, 0.6) is 0 Å². The summed E-state index contributed by atoms with van der Waals surface area (Å²) >= 11 is 6.90. The van der Waals surface area contributed by atoms with Gasteiger partial charge in [0.05, 0.1) is 8.94 Å². The first kappa shape index (κ1) is 15.9. The van der Waals surface area contributed by atoms with Crippen LogP contribution in [0.2, 0.25) is 0 Å². The van der Waals surface area contributed by atoms with Gasteiger partial charge in [-0.05, 0) is 18.9 Å². The molecule has 0 aliphatic rings. The number of aliphatic imine (C=N–C) groups is 1. The molecule has 0 fully saturated rings. The molecule has 19 heavy (non-hydrogen) atoms. The summed E-state index contributed by atoms with van der Waals surface area (Å²) in [7, 11) is 1.69. The number of hydrogen-bond acceptors (Lipinski definition) is 4. The fraction of sp³-hybridized carbons (Fsp3) is 0.357. The third-order valence-electron chi connectivity index (χ3n) is 2.57. The number of nitrogens with zero attached hydrogens (tertiary/aromatic N) is 1. The number of thiocarbonyl (C=S) groups is 1. The van der Waals surface area contributed by atoms with Gasteiger partial charge in [0.1, 0.15) is 0 Å². The Morgan fingerprint density at radius 3 is 2.63 bits per heavy atom. The van der Waals surface area contributed by atoms with Gasteiger partial charge in [-0.15, -0.1) is 11.8 Å². The second kappa shape index (κ2) is 7.40. The molecule has 1 rings (SSSR count). The molecule has 0 saturated heterocycles. The van der Waals surface area contributed by atoms with Crippen molar-refractivity contribution in [1.82, 2.24) is 0 Å². The van der Waals surface area contributed by atoms with Crippen LogP contribution in [-0.2, 0) is 4.79 Å². The van der Waals surface area contributed by atoms with E-state index in [9.17, 15) is 4.79 Å². The van der Waals surface area contributed by atoms with Crippen LogP contribution in [0.25, 0.3) is 0 Å². The van der Waals surface area contributed by atoms with Gasteiger partial charge in [-0.1, -0.05) is 42.5 Å². The van der Waals surface area contributed by atoms with E-state index in [1.165, 1.54) is 11.8 Å². The van der Waals surface area contributed by atoms with Gasteiger partial charge in [0.2, 0.25) is 0 Å². The van der Waals surface area contributed by atoms with E-state index in [0.717, 1.165) is 9.76 Å². The van der Waals surface area contributed by atoms with Gasteiger partial charge < -0.3 is 5.11 Å². The topological polar surface area (TPSA) is 49.7 Å². The quantitative estimate of drug-likeness (QED) is 0.645. The van der Waals surface area contributed by atoms with Crippen molar-refractivity contribution in [3.8, 4) is 0 Å².